The van der Waals surface area contributed by atoms with Crippen molar-refractivity contribution in [3.8, 4) is 5.75 Å². The van der Waals surface area contributed by atoms with Crippen LogP contribution >= 0.6 is 0 Å². The molecule has 1 aromatic rings. The molecule has 0 saturated carbocycles. The normalized spacial score (nSPS) is 13.0. The fourth-order valence-corrected chi connectivity index (χ4v) is 1.81. The Morgan fingerprint density at radius 3 is 2.23 bits per heavy atom. The highest BCUT2D eigenvalue weighted by molar-refractivity contribution is 5.98. The Bertz CT molecular complexity index is 538. The number of Topliss-reactive ketones (excluding diaryl/α,β-unsaturated/α-hetero) is 1. The highest BCUT2D eigenvalue weighted by atomic mass is 16.5. The molecule has 1 rings (SSSR count). The summed E-state index contributed by atoms with van der Waals surface area (Å²) in [6.07, 6.45) is 0.105. The van der Waals surface area contributed by atoms with Crippen molar-refractivity contribution in [2.45, 2.75) is 32.7 Å². The molecule has 2 N–H and O–H groups in total. The lowest BCUT2D eigenvalue weighted by Gasteiger charge is -2.17. The molecule has 0 spiro atoms. The van der Waals surface area contributed by atoms with Crippen LogP contribution in [0, 0.1) is 5.92 Å². The SMILES string of the molecule is COc1ccc(C(=O)CCC(=O)NC(C)C(C)C(=O)O)cc1. The van der Waals surface area contributed by atoms with Crippen LogP contribution in [0.2, 0.25) is 0 Å². The second-order valence-electron chi connectivity index (χ2n) is 5.13. The van der Waals surface area contributed by atoms with Crippen LogP contribution in [0.15, 0.2) is 24.3 Å². The van der Waals surface area contributed by atoms with Crippen LogP contribution in [-0.4, -0.2) is 35.9 Å². The van der Waals surface area contributed by atoms with Crippen molar-refractivity contribution in [1.29, 1.82) is 0 Å². The lowest BCUT2D eigenvalue weighted by Crippen LogP contribution is -2.40. The maximum absolute atomic E-state index is 12.0. The number of benzene rings is 1. The number of carbonyl (C=O) groups is 3. The third-order valence-electron chi connectivity index (χ3n) is 3.52. The molecule has 0 aliphatic rings. The van der Waals surface area contributed by atoms with E-state index in [-0.39, 0.29) is 24.5 Å². The van der Waals surface area contributed by atoms with Crippen LogP contribution in [0.5, 0.6) is 5.75 Å². The summed E-state index contributed by atoms with van der Waals surface area (Å²) in [5.74, 6) is -1.46. The van der Waals surface area contributed by atoms with Crippen molar-refractivity contribution in [1.82, 2.24) is 5.32 Å². The Kier molecular flexibility index (Phi) is 6.56. The monoisotopic (exact) mass is 307 g/mol. The molecule has 2 atom stereocenters. The molecule has 0 aliphatic heterocycles. The van der Waals surface area contributed by atoms with E-state index in [0.717, 1.165) is 0 Å². The predicted octanol–water partition coefficient (Wildman–Crippen LogP) is 1.88. The summed E-state index contributed by atoms with van der Waals surface area (Å²) >= 11 is 0. The fraction of sp³-hybridized carbons (Fsp3) is 0.438. The summed E-state index contributed by atoms with van der Waals surface area (Å²) in [4.78, 5) is 34.5. The summed E-state index contributed by atoms with van der Waals surface area (Å²) in [7, 11) is 1.54. The van der Waals surface area contributed by atoms with Gasteiger partial charge in [-0.25, -0.2) is 0 Å². The van der Waals surface area contributed by atoms with Gasteiger partial charge in [0.25, 0.3) is 0 Å². The summed E-state index contributed by atoms with van der Waals surface area (Å²) in [6, 6.07) is 6.18. The Labute approximate surface area is 129 Å². The first-order valence-corrected chi connectivity index (χ1v) is 7.04. The van der Waals surface area contributed by atoms with Crippen molar-refractivity contribution in [2.75, 3.05) is 7.11 Å². The van der Waals surface area contributed by atoms with Gasteiger partial charge in [-0.15, -0.1) is 0 Å². The number of carbonyl (C=O) groups excluding carboxylic acids is 2. The van der Waals surface area contributed by atoms with E-state index in [4.69, 9.17) is 9.84 Å². The van der Waals surface area contributed by atoms with Gasteiger partial charge >= 0.3 is 5.97 Å². The third-order valence-corrected chi connectivity index (χ3v) is 3.52. The average Bonchev–Trinajstić information content (AvgIpc) is 2.51. The second-order valence-corrected chi connectivity index (χ2v) is 5.13. The van der Waals surface area contributed by atoms with Gasteiger partial charge in [0, 0.05) is 24.4 Å². The molecule has 1 amide bonds. The highest BCUT2D eigenvalue weighted by Crippen LogP contribution is 2.13. The minimum atomic E-state index is -0.970. The number of carboxylic acid groups (broad SMARTS) is 1. The minimum absolute atomic E-state index is 0.0293. The van der Waals surface area contributed by atoms with Crippen molar-refractivity contribution < 1.29 is 24.2 Å². The average molecular weight is 307 g/mol. The third kappa shape index (κ3) is 5.20. The van der Waals surface area contributed by atoms with Gasteiger partial charge in [0.2, 0.25) is 5.91 Å². The molecular weight excluding hydrogens is 286 g/mol. The Morgan fingerprint density at radius 1 is 1.14 bits per heavy atom. The summed E-state index contributed by atoms with van der Waals surface area (Å²) < 4.78 is 5.01. The van der Waals surface area contributed by atoms with Gasteiger partial charge in [0.05, 0.1) is 13.0 Å². The van der Waals surface area contributed by atoms with E-state index in [2.05, 4.69) is 5.32 Å². The fourth-order valence-electron chi connectivity index (χ4n) is 1.81. The van der Waals surface area contributed by atoms with Crippen LogP contribution in [0.3, 0.4) is 0 Å². The molecule has 2 unspecified atom stereocenters. The van der Waals surface area contributed by atoms with Crippen LogP contribution in [-0.2, 0) is 9.59 Å². The number of amides is 1. The number of methoxy groups -OCH3 is 1. The molecule has 1 aromatic carbocycles. The largest absolute Gasteiger partial charge is 0.497 e. The topological polar surface area (TPSA) is 92.7 Å². The van der Waals surface area contributed by atoms with Crippen LogP contribution in [0.25, 0.3) is 0 Å². The molecule has 0 saturated heterocycles. The quantitative estimate of drug-likeness (QED) is 0.715. The number of ether oxygens (including phenoxy) is 1. The smallest absolute Gasteiger partial charge is 0.308 e. The van der Waals surface area contributed by atoms with Gasteiger partial charge in [0.15, 0.2) is 5.78 Å². The van der Waals surface area contributed by atoms with E-state index < -0.39 is 17.9 Å². The zero-order valence-electron chi connectivity index (χ0n) is 13.0. The zero-order chi connectivity index (χ0) is 16.7. The van der Waals surface area contributed by atoms with Crippen LogP contribution in [0.1, 0.15) is 37.0 Å². The van der Waals surface area contributed by atoms with Gasteiger partial charge in [0.1, 0.15) is 5.75 Å². The van der Waals surface area contributed by atoms with E-state index in [1.807, 2.05) is 0 Å². The number of hydrogen-bond donors (Lipinski definition) is 2. The zero-order valence-corrected chi connectivity index (χ0v) is 13.0. The molecular formula is C16H21NO5. The Morgan fingerprint density at radius 2 is 1.73 bits per heavy atom. The first-order valence-electron chi connectivity index (χ1n) is 7.04. The number of carboxylic acids is 1. The van der Waals surface area contributed by atoms with Crippen molar-refractivity contribution in [2.24, 2.45) is 5.92 Å². The molecule has 0 heterocycles. The predicted molar refractivity (Wildman–Crippen MR) is 81.0 cm³/mol. The van der Waals surface area contributed by atoms with E-state index in [0.29, 0.717) is 11.3 Å². The second kappa shape index (κ2) is 8.17. The number of hydrogen-bond acceptors (Lipinski definition) is 4. The van der Waals surface area contributed by atoms with Gasteiger partial charge in [-0.3, -0.25) is 14.4 Å². The van der Waals surface area contributed by atoms with Crippen molar-refractivity contribution in [3.05, 3.63) is 29.8 Å². The van der Waals surface area contributed by atoms with Crippen molar-refractivity contribution in [3.63, 3.8) is 0 Å². The molecule has 22 heavy (non-hydrogen) atoms. The van der Waals surface area contributed by atoms with Gasteiger partial charge in [-0.2, -0.15) is 0 Å². The maximum Gasteiger partial charge on any atom is 0.308 e. The molecule has 6 heteroatoms. The van der Waals surface area contributed by atoms with Crippen LogP contribution in [0.4, 0.5) is 0 Å². The molecule has 0 aliphatic carbocycles. The van der Waals surface area contributed by atoms with Gasteiger partial charge in [-0.1, -0.05) is 0 Å². The molecule has 0 aromatic heterocycles. The Balaban J connectivity index is 2.46. The Hall–Kier alpha value is -2.37. The number of ketones is 1. The van der Waals surface area contributed by atoms with Crippen LogP contribution < -0.4 is 10.1 Å². The van der Waals surface area contributed by atoms with Crippen molar-refractivity contribution >= 4 is 17.7 Å². The number of nitrogens with one attached hydrogen (secondary N) is 1. The first-order chi connectivity index (χ1) is 10.3. The molecule has 6 nitrogen and oxygen atoms in total. The molecule has 0 bridgehead atoms. The van der Waals surface area contributed by atoms with E-state index in [1.54, 1.807) is 38.3 Å². The lowest BCUT2D eigenvalue weighted by atomic mass is 10.0. The number of aliphatic carboxylic acids is 1. The standard InChI is InChI=1S/C16H21NO5/c1-10(16(20)21)11(2)17-15(19)9-8-14(18)12-4-6-13(22-3)7-5-12/h4-7,10-11H,8-9H2,1-3H3,(H,17,19)(H,20,21). The highest BCUT2D eigenvalue weighted by Gasteiger charge is 2.21. The lowest BCUT2D eigenvalue weighted by molar-refractivity contribution is -0.142. The van der Waals surface area contributed by atoms with E-state index >= 15 is 0 Å². The summed E-state index contributed by atoms with van der Waals surface area (Å²) in [6.45, 7) is 3.15. The minimum Gasteiger partial charge on any atom is -0.497 e. The molecule has 0 radical (unpaired) electrons. The van der Waals surface area contributed by atoms with Gasteiger partial charge < -0.3 is 15.2 Å². The first kappa shape index (κ1) is 17.7. The van der Waals surface area contributed by atoms with E-state index in [9.17, 15) is 14.4 Å². The van der Waals surface area contributed by atoms with E-state index in [1.165, 1.54) is 6.92 Å². The maximum atomic E-state index is 12.0. The van der Waals surface area contributed by atoms with Gasteiger partial charge in [-0.05, 0) is 38.1 Å². The number of rotatable bonds is 8. The molecule has 120 valence electrons. The summed E-state index contributed by atoms with van der Waals surface area (Å²) in [5, 5.41) is 11.5. The molecule has 0 fully saturated rings. The summed E-state index contributed by atoms with van der Waals surface area (Å²) in [5.41, 5.74) is 0.514.